The minimum atomic E-state index is -0.479. The molecule has 11 heteroatoms. The summed E-state index contributed by atoms with van der Waals surface area (Å²) < 4.78 is 1.46. The van der Waals surface area contributed by atoms with Crippen molar-refractivity contribution in [1.29, 1.82) is 0 Å². The first-order chi connectivity index (χ1) is 11.6. The van der Waals surface area contributed by atoms with Gasteiger partial charge in [0.1, 0.15) is 6.33 Å². The minimum Gasteiger partial charge on any atom is -0.267 e. The predicted molar refractivity (Wildman–Crippen MR) is 85.2 cm³/mol. The Bertz CT molecular complexity index is 887. The Labute approximate surface area is 138 Å². The zero-order valence-corrected chi connectivity index (χ0v) is 12.8. The molecule has 0 saturated heterocycles. The summed E-state index contributed by atoms with van der Waals surface area (Å²) in [4.78, 5) is 22.6. The van der Waals surface area contributed by atoms with E-state index in [0.717, 1.165) is 11.3 Å². The molecule has 0 fully saturated rings. The maximum atomic E-state index is 12.0. The Kier molecular flexibility index (Phi) is 4.34. The number of aromatic nitrogens is 4. The number of hydrogen-bond donors (Lipinski definition) is 1. The highest BCUT2D eigenvalue weighted by atomic mass is 32.1. The van der Waals surface area contributed by atoms with E-state index in [1.807, 2.05) is 0 Å². The molecule has 1 N–H and O–H groups in total. The molecule has 0 aliphatic rings. The topological polar surface area (TPSA) is 128 Å². The first kappa shape index (κ1) is 15.4. The van der Waals surface area contributed by atoms with E-state index in [1.165, 1.54) is 23.3 Å². The van der Waals surface area contributed by atoms with Crippen molar-refractivity contribution in [2.45, 2.75) is 0 Å². The second-order valence-corrected chi connectivity index (χ2v) is 5.53. The van der Waals surface area contributed by atoms with Gasteiger partial charge in [-0.05, 0) is 40.8 Å². The Hall–Kier alpha value is -3.47. The second-order valence-electron chi connectivity index (χ2n) is 4.43. The van der Waals surface area contributed by atoms with Crippen LogP contribution < -0.4 is 5.43 Å². The normalized spacial score (nSPS) is 10.8. The fraction of sp³-hybridized carbons (Fsp3) is 0. The Morgan fingerprint density at radius 3 is 2.71 bits per heavy atom. The molecule has 0 bridgehead atoms. The summed E-state index contributed by atoms with van der Waals surface area (Å²) in [6, 6.07) is 9.54. The lowest BCUT2D eigenvalue weighted by atomic mass is 10.2. The van der Waals surface area contributed by atoms with Crippen LogP contribution in [0.2, 0.25) is 0 Å². The minimum absolute atomic E-state index is 0.0148. The van der Waals surface area contributed by atoms with Crippen molar-refractivity contribution >= 4 is 28.5 Å². The van der Waals surface area contributed by atoms with Gasteiger partial charge in [0, 0.05) is 11.6 Å². The molecule has 3 rings (SSSR count). The van der Waals surface area contributed by atoms with Crippen molar-refractivity contribution in [2.75, 3.05) is 0 Å². The van der Waals surface area contributed by atoms with Gasteiger partial charge in [0.15, 0.2) is 0 Å². The molecule has 120 valence electrons. The lowest BCUT2D eigenvalue weighted by Crippen LogP contribution is -2.17. The number of amides is 1. The van der Waals surface area contributed by atoms with Crippen LogP contribution in [0.15, 0.2) is 47.8 Å². The summed E-state index contributed by atoms with van der Waals surface area (Å²) in [6.45, 7) is 0. The summed E-state index contributed by atoms with van der Waals surface area (Å²) in [5, 5.41) is 25.2. The van der Waals surface area contributed by atoms with Gasteiger partial charge in [-0.2, -0.15) is 5.10 Å². The van der Waals surface area contributed by atoms with E-state index in [1.54, 1.807) is 30.3 Å². The number of hydrazone groups is 1. The van der Waals surface area contributed by atoms with E-state index in [0.29, 0.717) is 16.1 Å². The van der Waals surface area contributed by atoms with Crippen LogP contribution in [-0.4, -0.2) is 37.3 Å². The molecular formula is C13H9N7O3S. The third-order valence-electron chi connectivity index (χ3n) is 2.89. The van der Waals surface area contributed by atoms with Crippen LogP contribution in [0.5, 0.6) is 0 Å². The van der Waals surface area contributed by atoms with E-state index < -0.39 is 10.8 Å². The molecule has 10 nitrogen and oxygen atoms in total. The highest BCUT2D eigenvalue weighted by Gasteiger charge is 2.08. The van der Waals surface area contributed by atoms with Gasteiger partial charge in [0.25, 0.3) is 5.91 Å². The summed E-state index contributed by atoms with van der Waals surface area (Å²) >= 11 is 0.968. The summed E-state index contributed by atoms with van der Waals surface area (Å²) in [5.41, 5.74) is 3.48. The third kappa shape index (κ3) is 3.47. The quantitative estimate of drug-likeness (QED) is 0.423. The number of carbonyl (C=O) groups is 1. The van der Waals surface area contributed by atoms with Crippen LogP contribution in [0.3, 0.4) is 0 Å². The van der Waals surface area contributed by atoms with Gasteiger partial charge in [-0.1, -0.05) is 11.3 Å². The van der Waals surface area contributed by atoms with E-state index in [2.05, 4.69) is 26.1 Å². The Balaban J connectivity index is 1.62. The van der Waals surface area contributed by atoms with Crippen molar-refractivity contribution in [2.24, 2.45) is 5.10 Å². The molecule has 1 aromatic carbocycles. The second kappa shape index (κ2) is 6.75. The molecule has 2 heterocycles. The third-order valence-corrected chi connectivity index (χ3v) is 3.86. The number of nitro groups is 1. The van der Waals surface area contributed by atoms with Crippen molar-refractivity contribution in [3.63, 3.8) is 0 Å². The van der Waals surface area contributed by atoms with Gasteiger partial charge in [-0.25, -0.2) is 10.1 Å². The van der Waals surface area contributed by atoms with Gasteiger partial charge in [-0.15, -0.1) is 5.10 Å². The summed E-state index contributed by atoms with van der Waals surface area (Å²) in [5.74, 6) is -0.402. The smallest absolute Gasteiger partial charge is 0.267 e. The molecule has 0 aliphatic carbocycles. The van der Waals surface area contributed by atoms with Crippen LogP contribution in [-0.2, 0) is 0 Å². The molecule has 24 heavy (non-hydrogen) atoms. The SMILES string of the molecule is O=C(N/N=C/c1ccc([N+](=O)[O-])s1)c1ccc(-n2cnnn2)cc1. The molecular weight excluding hydrogens is 334 g/mol. The monoisotopic (exact) mass is 343 g/mol. The summed E-state index contributed by atoms with van der Waals surface area (Å²) in [6.07, 6.45) is 2.80. The van der Waals surface area contributed by atoms with Crippen molar-refractivity contribution in [1.82, 2.24) is 25.6 Å². The molecule has 0 unspecified atom stereocenters. The fourth-order valence-electron chi connectivity index (χ4n) is 1.77. The number of rotatable bonds is 5. The van der Waals surface area contributed by atoms with E-state index in [9.17, 15) is 14.9 Å². The van der Waals surface area contributed by atoms with E-state index >= 15 is 0 Å². The number of nitrogens with zero attached hydrogens (tertiary/aromatic N) is 6. The van der Waals surface area contributed by atoms with Crippen LogP contribution >= 0.6 is 11.3 Å². The van der Waals surface area contributed by atoms with Gasteiger partial charge in [0.2, 0.25) is 0 Å². The van der Waals surface area contributed by atoms with Crippen LogP contribution in [0.25, 0.3) is 5.69 Å². The predicted octanol–water partition coefficient (Wildman–Crippen LogP) is 1.40. The van der Waals surface area contributed by atoms with Gasteiger partial charge in [0.05, 0.1) is 21.7 Å². The molecule has 2 aromatic heterocycles. The average Bonchev–Trinajstić information content (AvgIpc) is 3.27. The number of thiophene rings is 1. The van der Waals surface area contributed by atoms with E-state index in [-0.39, 0.29) is 5.00 Å². The highest BCUT2D eigenvalue weighted by molar-refractivity contribution is 7.16. The first-order valence-electron chi connectivity index (χ1n) is 6.54. The van der Waals surface area contributed by atoms with Crippen molar-refractivity contribution in [3.05, 3.63) is 63.3 Å². The van der Waals surface area contributed by atoms with E-state index in [4.69, 9.17) is 0 Å². The lowest BCUT2D eigenvalue weighted by Gasteiger charge is -2.02. The zero-order valence-electron chi connectivity index (χ0n) is 11.9. The number of benzene rings is 1. The zero-order chi connectivity index (χ0) is 16.9. The van der Waals surface area contributed by atoms with Crippen LogP contribution in [0, 0.1) is 10.1 Å². The molecule has 3 aromatic rings. The van der Waals surface area contributed by atoms with Crippen LogP contribution in [0.4, 0.5) is 5.00 Å². The average molecular weight is 343 g/mol. The maximum absolute atomic E-state index is 12.0. The lowest BCUT2D eigenvalue weighted by molar-refractivity contribution is -0.380. The number of carbonyl (C=O) groups excluding carboxylic acids is 1. The van der Waals surface area contributed by atoms with Crippen LogP contribution in [0.1, 0.15) is 15.2 Å². The number of tetrazole rings is 1. The largest absolute Gasteiger partial charge is 0.324 e. The molecule has 0 radical (unpaired) electrons. The maximum Gasteiger partial charge on any atom is 0.324 e. The van der Waals surface area contributed by atoms with Gasteiger partial charge >= 0.3 is 5.00 Å². The summed E-state index contributed by atoms with van der Waals surface area (Å²) in [7, 11) is 0. The number of hydrogen-bond acceptors (Lipinski definition) is 8. The van der Waals surface area contributed by atoms with Gasteiger partial charge in [-0.3, -0.25) is 14.9 Å². The molecule has 0 aliphatic heterocycles. The fourth-order valence-corrected chi connectivity index (χ4v) is 2.47. The van der Waals surface area contributed by atoms with Gasteiger partial charge < -0.3 is 0 Å². The van der Waals surface area contributed by atoms with Crippen molar-refractivity contribution < 1.29 is 9.72 Å². The Morgan fingerprint density at radius 2 is 2.08 bits per heavy atom. The number of nitrogens with one attached hydrogen (secondary N) is 1. The standard InChI is InChI=1S/C13H9N7O3S/c21-13(16-14-7-11-5-6-12(24-11)20(22)23)9-1-3-10(4-2-9)19-8-15-17-18-19/h1-8H,(H,16,21)/b14-7+. The Morgan fingerprint density at radius 1 is 1.29 bits per heavy atom. The molecule has 0 atom stereocenters. The highest BCUT2D eigenvalue weighted by Crippen LogP contribution is 2.22. The molecule has 0 saturated carbocycles. The molecule has 0 spiro atoms. The first-order valence-corrected chi connectivity index (χ1v) is 7.36. The van der Waals surface area contributed by atoms with Crippen molar-refractivity contribution in [3.8, 4) is 5.69 Å². The molecule has 1 amide bonds.